The Hall–Kier alpha value is -0.0900. The van der Waals surface area contributed by atoms with Gasteiger partial charge in [0.05, 0.1) is 10.5 Å². The maximum atomic E-state index is 12.1. The summed E-state index contributed by atoms with van der Waals surface area (Å²) in [6.07, 6.45) is 4.93. The first-order valence-corrected chi connectivity index (χ1v) is 7.19. The Bertz CT molecular complexity index is 299. The van der Waals surface area contributed by atoms with Crippen LogP contribution in [-0.2, 0) is 9.84 Å². The Kier molecular flexibility index (Phi) is 2.84. The molecule has 1 aliphatic heterocycles. The summed E-state index contributed by atoms with van der Waals surface area (Å²) in [5.74, 6) is 0. The third-order valence-electron chi connectivity index (χ3n) is 3.64. The summed E-state index contributed by atoms with van der Waals surface area (Å²) in [5, 5.41) is 3.14. The van der Waals surface area contributed by atoms with Crippen molar-refractivity contribution in [2.45, 2.75) is 55.6 Å². The van der Waals surface area contributed by atoms with Gasteiger partial charge in [-0.3, -0.25) is 0 Å². The van der Waals surface area contributed by atoms with E-state index in [1.807, 2.05) is 6.92 Å². The van der Waals surface area contributed by atoms with Crippen LogP contribution in [0.1, 0.15) is 39.0 Å². The zero-order valence-corrected chi connectivity index (χ0v) is 9.52. The number of rotatable bonds is 0. The summed E-state index contributed by atoms with van der Waals surface area (Å²) in [4.78, 5) is 0. The maximum Gasteiger partial charge on any atom is 0.157 e. The van der Waals surface area contributed by atoms with Gasteiger partial charge in [0.1, 0.15) is 0 Å². The van der Waals surface area contributed by atoms with E-state index in [-0.39, 0.29) is 16.5 Å². The highest BCUT2D eigenvalue weighted by Gasteiger charge is 2.40. The Morgan fingerprint density at radius 2 is 1.86 bits per heavy atom. The molecule has 82 valence electrons. The van der Waals surface area contributed by atoms with Gasteiger partial charge in [0.2, 0.25) is 0 Å². The number of nitrogens with one attached hydrogen (secondary N) is 1. The van der Waals surface area contributed by atoms with Crippen LogP contribution in [0.4, 0.5) is 0 Å². The van der Waals surface area contributed by atoms with Crippen molar-refractivity contribution >= 4 is 9.84 Å². The van der Waals surface area contributed by atoms with Crippen LogP contribution in [0, 0.1) is 0 Å². The molecule has 0 radical (unpaired) electrons. The molecule has 0 aromatic heterocycles. The monoisotopic (exact) mass is 217 g/mol. The molecular weight excluding hydrogens is 198 g/mol. The van der Waals surface area contributed by atoms with Gasteiger partial charge in [-0.15, -0.1) is 0 Å². The topological polar surface area (TPSA) is 46.2 Å². The molecule has 2 rings (SSSR count). The fourth-order valence-corrected chi connectivity index (χ4v) is 4.89. The maximum absolute atomic E-state index is 12.1. The van der Waals surface area contributed by atoms with Crippen molar-refractivity contribution < 1.29 is 8.42 Å². The molecule has 4 heteroatoms. The number of sulfone groups is 1. The highest BCUT2D eigenvalue weighted by Crippen LogP contribution is 2.29. The van der Waals surface area contributed by atoms with Gasteiger partial charge in [0, 0.05) is 6.04 Å². The van der Waals surface area contributed by atoms with Crippen molar-refractivity contribution in [2.24, 2.45) is 0 Å². The van der Waals surface area contributed by atoms with Gasteiger partial charge in [-0.05, 0) is 32.7 Å². The van der Waals surface area contributed by atoms with Crippen molar-refractivity contribution in [3.8, 4) is 0 Å². The predicted octanol–water partition coefficient (Wildman–Crippen LogP) is 1.09. The predicted molar refractivity (Wildman–Crippen MR) is 57.0 cm³/mol. The third-order valence-corrected chi connectivity index (χ3v) is 6.41. The van der Waals surface area contributed by atoms with E-state index in [4.69, 9.17) is 0 Å². The van der Waals surface area contributed by atoms with Crippen molar-refractivity contribution in [2.75, 3.05) is 6.54 Å². The summed E-state index contributed by atoms with van der Waals surface area (Å²) < 4.78 is 24.3. The van der Waals surface area contributed by atoms with Crippen molar-refractivity contribution in [3.63, 3.8) is 0 Å². The van der Waals surface area contributed by atoms with Crippen LogP contribution >= 0.6 is 0 Å². The lowest BCUT2D eigenvalue weighted by molar-refractivity contribution is 0.381. The molecule has 0 amide bonds. The van der Waals surface area contributed by atoms with Crippen LogP contribution in [0.25, 0.3) is 0 Å². The van der Waals surface area contributed by atoms with Crippen LogP contribution in [0.2, 0.25) is 0 Å². The third kappa shape index (κ3) is 1.70. The summed E-state index contributed by atoms with van der Waals surface area (Å²) in [7, 11) is -2.86. The highest BCUT2D eigenvalue weighted by molar-refractivity contribution is 7.92. The Balaban J connectivity index is 2.27. The van der Waals surface area contributed by atoms with Crippen LogP contribution in [0.5, 0.6) is 0 Å². The average molecular weight is 217 g/mol. The van der Waals surface area contributed by atoms with Gasteiger partial charge < -0.3 is 5.32 Å². The van der Waals surface area contributed by atoms with Crippen LogP contribution < -0.4 is 5.32 Å². The first-order valence-electron chi connectivity index (χ1n) is 5.58. The van der Waals surface area contributed by atoms with Crippen LogP contribution in [-0.4, -0.2) is 31.5 Å². The molecule has 0 bridgehead atoms. The summed E-state index contributed by atoms with van der Waals surface area (Å²) in [6.45, 7) is 2.72. The molecule has 0 spiro atoms. The molecule has 1 heterocycles. The second kappa shape index (κ2) is 3.81. The Labute approximate surface area is 86.2 Å². The molecule has 0 aromatic carbocycles. The summed E-state index contributed by atoms with van der Waals surface area (Å²) in [6, 6.07) is 0.235. The lowest BCUT2D eigenvalue weighted by atomic mass is 9.95. The Morgan fingerprint density at radius 3 is 2.64 bits per heavy atom. The number of hydrogen-bond donors (Lipinski definition) is 1. The smallest absolute Gasteiger partial charge is 0.157 e. The molecule has 14 heavy (non-hydrogen) atoms. The normalized spacial score (nSPS) is 42.5. The molecule has 3 unspecified atom stereocenters. The van der Waals surface area contributed by atoms with Gasteiger partial charge in [0.25, 0.3) is 0 Å². The summed E-state index contributed by atoms with van der Waals surface area (Å²) in [5.41, 5.74) is 0. The second-order valence-corrected chi connectivity index (χ2v) is 7.16. The van der Waals surface area contributed by atoms with Crippen LogP contribution in [0.3, 0.4) is 0 Å². The molecule has 1 aliphatic carbocycles. The molecule has 2 fully saturated rings. The standard InChI is InChI=1S/C10H19NO2S/c1-8-6-7-11-9-4-2-3-5-10(9)14(8,12)13/h8-11H,2-7H2,1H3. The molecule has 3 nitrogen and oxygen atoms in total. The Morgan fingerprint density at radius 1 is 1.14 bits per heavy atom. The first-order chi connectivity index (χ1) is 6.62. The molecular formula is C10H19NO2S. The molecule has 3 atom stereocenters. The lowest BCUT2D eigenvalue weighted by Gasteiger charge is -2.30. The molecule has 0 aromatic rings. The van der Waals surface area contributed by atoms with Gasteiger partial charge in [-0.2, -0.15) is 0 Å². The SMILES string of the molecule is CC1CCNC2CCCCC2S1(=O)=O. The molecule has 1 saturated heterocycles. The minimum atomic E-state index is -2.86. The molecule has 1 saturated carbocycles. The average Bonchev–Trinajstić information content (AvgIpc) is 2.27. The van der Waals surface area contributed by atoms with Crippen molar-refractivity contribution in [3.05, 3.63) is 0 Å². The minimum Gasteiger partial charge on any atom is -0.313 e. The van der Waals surface area contributed by atoms with E-state index in [1.165, 1.54) is 6.42 Å². The van der Waals surface area contributed by atoms with Gasteiger partial charge >= 0.3 is 0 Å². The quantitative estimate of drug-likeness (QED) is 0.661. The highest BCUT2D eigenvalue weighted by atomic mass is 32.2. The van der Waals surface area contributed by atoms with E-state index >= 15 is 0 Å². The van der Waals surface area contributed by atoms with E-state index < -0.39 is 9.84 Å². The van der Waals surface area contributed by atoms with Crippen molar-refractivity contribution in [1.29, 1.82) is 0 Å². The van der Waals surface area contributed by atoms with E-state index in [0.29, 0.717) is 0 Å². The lowest BCUT2D eigenvalue weighted by Crippen LogP contribution is -2.45. The van der Waals surface area contributed by atoms with Gasteiger partial charge in [0.15, 0.2) is 9.84 Å². The molecule has 1 N–H and O–H groups in total. The fraction of sp³-hybridized carbons (Fsp3) is 1.00. The zero-order chi connectivity index (χ0) is 10.2. The van der Waals surface area contributed by atoms with E-state index in [9.17, 15) is 8.42 Å². The number of fused-ring (bicyclic) bond motifs is 1. The first kappa shape index (κ1) is 10.4. The van der Waals surface area contributed by atoms with Gasteiger partial charge in [-0.1, -0.05) is 12.8 Å². The summed E-state index contributed by atoms with van der Waals surface area (Å²) >= 11 is 0. The van der Waals surface area contributed by atoms with Gasteiger partial charge in [-0.25, -0.2) is 8.42 Å². The molecule has 2 aliphatic rings. The van der Waals surface area contributed by atoms with Crippen LogP contribution in [0.15, 0.2) is 0 Å². The number of hydrogen-bond acceptors (Lipinski definition) is 3. The van der Waals surface area contributed by atoms with E-state index in [2.05, 4.69) is 5.32 Å². The largest absolute Gasteiger partial charge is 0.313 e. The fourth-order valence-electron chi connectivity index (χ4n) is 2.66. The van der Waals surface area contributed by atoms with E-state index in [1.54, 1.807) is 0 Å². The van der Waals surface area contributed by atoms with Crippen molar-refractivity contribution in [1.82, 2.24) is 5.32 Å². The minimum absolute atomic E-state index is 0.103. The van der Waals surface area contributed by atoms with E-state index in [0.717, 1.165) is 32.2 Å². The second-order valence-electron chi connectivity index (χ2n) is 4.57. The zero-order valence-electron chi connectivity index (χ0n) is 8.70.